The molecular weight excluding hydrogens is 238 g/mol. The first-order valence-electron chi connectivity index (χ1n) is 3.30. The van der Waals surface area contributed by atoms with Crippen LogP contribution in [0.5, 0.6) is 0 Å². The molecule has 4 nitrogen and oxygen atoms in total. The van der Waals surface area contributed by atoms with Gasteiger partial charge in [0.1, 0.15) is 4.90 Å². The standard InChI is InChI=1S/C6H5ClF2N2O2S/c7-14(12,13)4-2-11-1-3(5(4)10)6(8)9/h1-2,6H,(H2,10,11). The molecule has 1 rings (SSSR count). The molecule has 1 aromatic rings. The number of nitrogens with two attached hydrogens (primary N) is 1. The van der Waals surface area contributed by atoms with E-state index in [0.29, 0.717) is 0 Å². The molecule has 0 aliphatic carbocycles. The Balaban J connectivity index is 3.43. The first-order chi connectivity index (χ1) is 6.34. The normalized spacial score (nSPS) is 12.0. The van der Waals surface area contributed by atoms with E-state index in [1.165, 1.54) is 0 Å². The van der Waals surface area contributed by atoms with E-state index < -0.39 is 31.6 Å². The van der Waals surface area contributed by atoms with Crippen molar-refractivity contribution in [2.75, 3.05) is 5.73 Å². The topological polar surface area (TPSA) is 73.0 Å². The Labute approximate surface area is 83.1 Å². The lowest BCUT2D eigenvalue weighted by Gasteiger charge is -2.06. The van der Waals surface area contributed by atoms with Crippen LogP contribution >= 0.6 is 10.7 Å². The van der Waals surface area contributed by atoms with Crippen LogP contribution in [-0.2, 0) is 9.05 Å². The van der Waals surface area contributed by atoms with Crippen LogP contribution in [-0.4, -0.2) is 13.4 Å². The highest BCUT2D eigenvalue weighted by molar-refractivity contribution is 8.13. The molecular formula is C6H5ClF2N2O2S. The molecule has 0 aromatic carbocycles. The number of rotatable bonds is 2. The van der Waals surface area contributed by atoms with Crippen molar-refractivity contribution in [3.05, 3.63) is 18.0 Å². The highest BCUT2D eigenvalue weighted by Crippen LogP contribution is 2.30. The van der Waals surface area contributed by atoms with E-state index in [1.54, 1.807) is 0 Å². The van der Waals surface area contributed by atoms with E-state index in [0.717, 1.165) is 12.4 Å². The third-order valence-corrected chi connectivity index (χ3v) is 2.83. The molecule has 78 valence electrons. The van der Waals surface area contributed by atoms with Crippen LogP contribution in [0.3, 0.4) is 0 Å². The third kappa shape index (κ3) is 2.10. The fourth-order valence-corrected chi connectivity index (χ4v) is 1.77. The van der Waals surface area contributed by atoms with Crippen molar-refractivity contribution in [1.29, 1.82) is 0 Å². The number of pyridine rings is 1. The van der Waals surface area contributed by atoms with E-state index in [-0.39, 0.29) is 0 Å². The average molecular weight is 243 g/mol. The van der Waals surface area contributed by atoms with Gasteiger partial charge in [-0.15, -0.1) is 0 Å². The summed E-state index contributed by atoms with van der Waals surface area (Å²) >= 11 is 0. The maximum atomic E-state index is 12.2. The fraction of sp³-hybridized carbons (Fsp3) is 0.167. The van der Waals surface area contributed by atoms with Crippen molar-refractivity contribution in [1.82, 2.24) is 4.98 Å². The molecule has 0 aliphatic rings. The zero-order valence-corrected chi connectivity index (χ0v) is 8.19. The molecule has 0 unspecified atom stereocenters. The molecule has 8 heteroatoms. The Bertz CT molecular complexity index is 449. The molecule has 0 radical (unpaired) electrons. The summed E-state index contributed by atoms with van der Waals surface area (Å²) in [6, 6.07) is 0. The van der Waals surface area contributed by atoms with Crippen molar-refractivity contribution >= 4 is 25.4 Å². The number of alkyl halides is 2. The summed E-state index contributed by atoms with van der Waals surface area (Å²) in [5, 5.41) is 0. The molecule has 0 saturated heterocycles. The molecule has 0 spiro atoms. The summed E-state index contributed by atoms with van der Waals surface area (Å²) in [6.07, 6.45) is -1.27. The van der Waals surface area contributed by atoms with Gasteiger partial charge in [0, 0.05) is 23.1 Å². The zero-order valence-electron chi connectivity index (χ0n) is 6.62. The average Bonchev–Trinajstić information content (AvgIpc) is 2.01. The zero-order chi connectivity index (χ0) is 10.9. The number of aromatic nitrogens is 1. The van der Waals surface area contributed by atoms with Crippen molar-refractivity contribution in [3.63, 3.8) is 0 Å². The van der Waals surface area contributed by atoms with Crippen LogP contribution in [0, 0.1) is 0 Å². The highest BCUT2D eigenvalue weighted by Gasteiger charge is 2.21. The number of hydrogen-bond donors (Lipinski definition) is 1. The van der Waals surface area contributed by atoms with E-state index in [9.17, 15) is 17.2 Å². The van der Waals surface area contributed by atoms with Crippen molar-refractivity contribution < 1.29 is 17.2 Å². The molecule has 2 N–H and O–H groups in total. The van der Waals surface area contributed by atoms with Crippen molar-refractivity contribution in [2.24, 2.45) is 0 Å². The van der Waals surface area contributed by atoms with Gasteiger partial charge in [-0.25, -0.2) is 17.2 Å². The second-order valence-corrected chi connectivity index (χ2v) is 4.91. The summed E-state index contributed by atoms with van der Waals surface area (Å²) in [6.45, 7) is 0. The molecule has 0 bridgehead atoms. The van der Waals surface area contributed by atoms with E-state index in [1.807, 2.05) is 0 Å². The van der Waals surface area contributed by atoms with Gasteiger partial charge in [-0.2, -0.15) is 0 Å². The van der Waals surface area contributed by atoms with Crippen LogP contribution < -0.4 is 5.73 Å². The molecule has 14 heavy (non-hydrogen) atoms. The van der Waals surface area contributed by atoms with Gasteiger partial charge in [-0.1, -0.05) is 0 Å². The molecule has 0 fully saturated rings. The van der Waals surface area contributed by atoms with Crippen LogP contribution in [0.4, 0.5) is 14.5 Å². The second kappa shape index (κ2) is 3.66. The van der Waals surface area contributed by atoms with Crippen LogP contribution in [0.2, 0.25) is 0 Å². The Morgan fingerprint density at radius 3 is 2.43 bits per heavy atom. The molecule has 1 aromatic heterocycles. The summed E-state index contributed by atoms with van der Waals surface area (Å²) < 4.78 is 46.1. The molecule has 0 aliphatic heterocycles. The van der Waals surface area contributed by atoms with Crippen molar-refractivity contribution in [3.8, 4) is 0 Å². The lowest BCUT2D eigenvalue weighted by molar-refractivity contribution is 0.151. The minimum absolute atomic E-state index is 0.565. The van der Waals surface area contributed by atoms with Gasteiger partial charge < -0.3 is 5.73 Å². The monoisotopic (exact) mass is 242 g/mol. The Morgan fingerprint density at radius 1 is 1.43 bits per heavy atom. The summed E-state index contributed by atoms with van der Waals surface area (Å²) in [7, 11) is 0.810. The molecule has 0 amide bonds. The maximum Gasteiger partial charge on any atom is 0.267 e. The molecule has 1 heterocycles. The molecule has 0 atom stereocenters. The lowest BCUT2D eigenvalue weighted by Crippen LogP contribution is -2.03. The highest BCUT2D eigenvalue weighted by atomic mass is 35.7. The van der Waals surface area contributed by atoms with Crippen LogP contribution in [0.1, 0.15) is 12.0 Å². The number of hydrogen-bond acceptors (Lipinski definition) is 4. The first kappa shape index (κ1) is 11.1. The predicted molar refractivity (Wildman–Crippen MR) is 46.6 cm³/mol. The number of nitrogens with zero attached hydrogens (tertiary/aromatic N) is 1. The predicted octanol–water partition coefficient (Wildman–Crippen LogP) is 1.53. The van der Waals surface area contributed by atoms with Gasteiger partial charge in [-0.05, 0) is 0 Å². The summed E-state index contributed by atoms with van der Waals surface area (Å²) in [5.41, 5.74) is 3.98. The van der Waals surface area contributed by atoms with Crippen LogP contribution in [0.25, 0.3) is 0 Å². The SMILES string of the molecule is Nc1c(C(F)F)cncc1S(=O)(=O)Cl. The second-order valence-electron chi connectivity index (χ2n) is 2.38. The number of anilines is 1. The quantitative estimate of drug-likeness (QED) is 0.798. The Kier molecular flexibility index (Phi) is 2.91. The summed E-state index contributed by atoms with van der Waals surface area (Å²) in [4.78, 5) is 2.71. The fourth-order valence-electron chi connectivity index (χ4n) is 0.835. The third-order valence-electron chi connectivity index (χ3n) is 1.48. The van der Waals surface area contributed by atoms with Gasteiger partial charge in [0.15, 0.2) is 0 Å². The minimum atomic E-state index is -4.14. The smallest absolute Gasteiger partial charge is 0.267 e. The van der Waals surface area contributed by atoms with E-state index >= 15 is 0 Å². The Hall–Kier alpha value is -0.950. The minimum Gasteiger partial charge on any atom is -0.397 e. The number of nitrogen functional groups attached to an aromatic ring is 1. The lowest BCUT2D eigenvalue weighted by atomic mass is 10.2. The maximum absolute atomic E-state index is 12.2. The van der Waals surface area contributed by atoms with Gasteiger partial charge in [-0.3, -0.25) is 4.98 Å². The van der Waals surface area contributed by atoms with Crippen molar-refractivity contribution in [2.45, 2.75) is 11.3 Å². The largest absolute Gasteiger partial charge is 0.397 e. The summed E-state index contributed by atoms with van der Waals surface area (Å²) in [5.74, 6) is 0. The van der Waals surface area contributed by atoms with Crippen LogP contribution in [0.15, 0.2) is 17.3 Å². The van der Waals surface area contributed by atoms with E-state index in [2.05, 4.69) is 4.98 Å². The van der Waals surface area contributed by atoms with E-state index in [4.69, 9.17) is 16.4 Å². The Morgan fingerprint density at radius 2 is 2.00 bits per heavy atom. The first-order valence-corrected chi connectivity index (χ1v) is 5.61. The van der Waals surface area contributed by atoms with Gasteiger partial charge in [0.05, 0.1) is 11.3 Å². The van der Waals surface area contributed by atoms with Gasteiger partial charge >= 0.3 is 0 Å². The number of halogens is 3. The van der Waals surface area contributed by atoms with Gasteiger partial charge in [0.25, 0.3) is 15.5 Å². The van der Waals surface area contributed by atoms with Gasteiger partial charge in [0.2, 0.25) is 0 Å². The molecule has 0 saturated carbocycles.